The number of amides is 1. The number of aromatic amines is 1. The van der Waals surface area contributed by atoms with Crippen molar-refractivity contribution in [1.82, 2.24) is 14.9 Å². The lowest BCUT2D eigenvalue weighted by molar-refractivity contribution is 0.0926. The summed E-state index contributed by atoms with van der Waals surface area (Å²) in [5.41, 5.74) is 2.36. The standard InChI is InChI=1S/C25H29N3O3S/c1-31-15-5-14-28-24(30)21-13-10-19(16-22(21)27-25(28)32)23(29)26-20-11-8-18(9-12-20)17-6-3-2-4-7-17/h2-4,6-7,10,13,16,18,20H,5,8-9,11-12,14-15H2,1H3,(H,26,29)(H,27,32). The molecule has 1 aromatic heterocycles. The van der Waals surface area contributed by atoms with Gasteiger partial charge in [0.25, 0.3) is 11.5 Å². The summed E-state index contributed by atoms with van der Waals surface area (Å²) in [6.07, 6.45) is 4.78. The van der Waals surface area contributed by atoms with Crippen LogP contribution in [0.2, 0.25) is 0 Å². The maximum Gasteiger partial charge on any atom is 0.262 e. The van der Waals surface area contributed by atoms with Gasteiger partial charge in [-0.05, 0) is 74.0 Å². The molecule has 2 aromatic carbocycles. The third-order valence-electron chi connectivity index (χ3n) is 6.31. The smallest absolute Gasteiger partial charge is 0.262 e. The molecule has 0 aliphatic heterocycles. The number of H-pyrrole nitrogens is 1. The molecule has 2 N–H and O–H groups in total. The molecule has 1 saturated carbocycles. The van der Waals surface area contributed by atoms with Crippen molar-refractivity contribution in [3.63, 3.8) is 0 Å². The largest absolute Gasteiger partial charge is 0.385 e. The van der Waals surface area contributed by atoms with Gasteiger partial charge in [0.15, 0.2) is 4.77 Å². The van der Waals surface area contributed by atoms with Crippen LogP contribution >= 0.6 is 12.2 Å². The van der Waals surface area contributed by atoms with Gasteiger partial charge in [-0.15, -0.1) is 0 Å². The second-order valence-electron chi connectivity index (χ2n) is 8.43. The quantitative estimate of drug-likeness (QED) is 0.408. The Morgan fingerprint density at radius 3 is 2.62 bits per heavy atom. The fourth-order valence-corrected chi connectivity index (χ4v) is 4.81. The molecule has 168 valence electrons. The molecule has 1 aliphatic rings. The number of rotatable bonds is 7. The third kappa shape index (κ3) is 5.00. The van der Waals surface area contributed by atoms with Crippen LogP contribution in [0, 0.1) is 4.77 Å². The first-order chi connectivity index (χ1) is 15.6. The number of benzene rings is 2. The van der Waals surface area contributed by atoms with Crippen LogP contribution in [0.5, 0.6) is 0 Å². The summed E-state index contributed by atoms with van der Waals surface area (Å²) in [6, 6.07) is 15.9. The Kier molecular flexibility index (Phi) is 7.17. The molecule has 32 heavy (non-hydrogen) atoms. The second-order valence-corrected chi connectivity index (χ2v) is 8.81. The van der Waals surface area contributed by atoms with Gasteiger partial charge in [0, 0.05) is 31.9 Å². The average molecular weight is 452 g/mol. The predicted molar refractivity (Wildman–Crippen MR) is 129 cm³/mol. The minimum atomic E-state index is -0.147. The Bertz CT molecular complexity index is 1190. The second kappa shape index (κ2) is 10.2. The highest BCUT2D eigenvalue weighted by Crippen LogP contribution is 2.32. The van der Waals surface area contributed by atoms with Gasteiger partial charge in [-0.25, -0.2) is 0 Å². The van der Waals surface area contributed by atoms with Crippen molar-refractivity contribution >= 4 is 29.0 Å². The first-order valence-corrected chi connectivity index (χ1v) is 11.6. The van der Waals surface area contributed by atoms with Crippen LogP contribution in [0.25, 0.3) is 10.9 Å². The van der Waals surface area contributed by atoms with Crippen LogP contribution in [0.1, 0.15) is 53.9 Å². The monoisotopic (exact) mass is 451 g/mol. The molecule has 4 rings (SSSR count). The summed E-state index contributed by atoms with van der Waals surface area (Å²) in [5, 5.41) is 3.69. The van der Waals surface area contributed by atoms with Crippen molar-refractivity contribution in [1.29, 1.82) is 0 Å². The van der Waals surface area contributed by atoms with Gasteiger partial charge in [0.2, 0.25) is 0 Å². The van der Waals surface area contributed by atoms with Gasteiger partial charge in [-0.2, -0.15) is 0 Å². The highest BCUT2D eigenvalue weighted by Gasteiger charge is 2.24. The summed E-state index contributed by atoms with van der Waals surface area (Å²) in [5.74, 6) is 0.454. The van der Waals surface area contributed by atoms with Crippen LogP contribution in [0.15, 0.2) is 53.3 Å². The predicted octanol–water partition coefficient (Wildman–Crippen LogP) is 4.55. The van der Waals surface area contributed by atoms with Crippen molar-refractivity contribution in [2.24, 2.45) is 0 Å². The fourth-order valence-electron chi connectivity index (χ4n) is 4.53. The van der Waals surface area contributed by atoms with Gasteiger partial charge in [0.05, 0.1) is 10.9 Å². The lowest BCUT2D eigenvalue weighted by atomic mass is 9.82. The number of nitrogens with one attached hydrogen (secondary N) is 2. The number of hydrogen-bond donors (Lipinski definition) is 2. The number of hydrogen-bond acceptors (Lipinski definition) is 4. The molecule has 0 atom stereocenters. The van der Waals surface area contributed by atoms with E-state index in [1.807, 2.05) is 6.07 Å². The topological polar surface area (TPSA) is 76.1 Å². The lowest BCUT2D eigenvalue weighted by Gasteiger charge is -2.29. The van der Waals surface area contributed by atoms with E-state index in [4.69, 9.17) is 17.0 Å². The van der Waals surface area contributed by atoms with E-state index in [1.165, 1.54) is 5.56 Å². The van der Waals surface area contributed by atoms with Crippen molar-refractivity contribution in [2.75, 3.05) is 13.7 Å². The first-order valence-electron chi connectivity index (χ1n) is 11.2. The van der Waals surface area contributed by atoms with E-state index < -0.39 is 0 Å². The molecular weight excluding hydrogens is 422 g/mol. The Balaban J connectivity index is 1.43. The molecule has 1 heterocycles. The average Bonchev–Trinajstić information content (AvgIpc) is 2.82. The van der Waals surface area contributed by atoms with E-state index >= 15 is 0 Å². The van der Waals surface area contributed by atoms with E-state index in [0.29, 0.717) is 46.7 Å². The van der Waals surface area contributed by atoms with Gasteiger partial charge >= 0.3 is 0 Å². The minimum Gasteiger partial charge on any atom is -0.385 e. The number of nitrogens with zero attached hydrogens (tertiary/aromatic N) is 1. The third-order valence-corrected chi connectivity index (χ3v) is 6.63. The maximum atomic E-state index is 12.9. The molecule has 1 amide bonds. The van der Waals surface area contributed by atoms with Crippen LogP contribution < -0.4 is 10.9 Å². The van der Waals surface area contributed by atoms with Crippen LogP contribution in [0.4, 0.5) is 0 Å². The normalized spacial score (nSPS) is 18.5. The lowest BCUT2D eigenvalue weighted by Crippen LogP contribution is -2.37. The van der Waals surface area contributed by atoms with E-state index in [1.54, 1.807) is 29.9 Å². The zero-order valence-corrected chi connectivity index (χ0v) is 19.1. The van der Waals surface area contributed by atoms with E-state index in [-0.39, 0.29) is 17.5 Å². The SMILES string of the molecule is COCCCn1c(=S)[nH]c2cc(C(=O)NC3CCC(c4ccccc4)CC3)ccc2c1=O. The van der Waals surface area contributed by atoms with Gasteiger partial charge in [0.1, 0.15) is 0 Å². The number of methoxy groups -OCH3 is 1. The number of carbonyl (C=O) groups is 1. The summed E-state index contributed by atoms with van der Waals surface area (Å²) in [6.45, 7) is 1.05. The van der Waals surface area contributed by atoms with E-state index in [2.05, 4.69) is 34.6 Å². The highest BCUT2D eigenvalue weighted by atomic mass is 32.1. The zero-order valence-electron chi connectivity index (χ0n) is 18.3. The molecule has 0 radical (unpaired) electrons. The number of ether oxygens (including phenoxy) is 1. The highest BCUT2D eigenvalue weighted by molar-refractivity contribution is 7.71. The Morgan fingerprint density at radius 2 is 1.91 bits per heavy atom. The number of fused-ring (bicyclic) bond motifs is 1. The number of aromatic nitrogens is 2. The van der Waals surface area contributed by atoms with Crippen molar-refractivity contribution in [3.8, 4) is 0 Å². The maximum absolute atomic E-state index is 12.9. The van der Waals surface area contributed by atoms with Crippen molar-refractivity contribution in [2.45, 2.75) is 50.6 Å². The van der Waals surface area contributed by atoms with Crippen LogP contribution in [-0.4, -0.2) is 35.2 Å². The minimum absolute atomic E-state index is 0.112. The molecule has 3 aromatic rings. The van der Waals surface area contributed by atoms with E-state index in [0.717, 1.165) is 25.7 Å². The summed E-state index contributed by atoms with van der Waals surface area (Å²) >= 11 is 5.37. The summed E-state index contributed by atoms with van der Waals surface area (Å²) in [7, 11) is 1.63. The van der Waals surface area contributed by atoms with Gasteiger partial charge in [-0.1, -0.05) is 30.3 Å². The molecular formula is C25H29N3O3S. The van der Waals surface area contributed by atoms with Crippen LogP contribution in [-0.2, 0) is 11.3 Å². The van der Waals surface area contributed by atoms with Crippen molar-refractivity contribution in [3.05, 3.63) is 74.8 Å². The van der Waals surface area contributed by atoms with Crippen LogP contribution in [0.3, 0.4) is 0 Å². The molecule has 7 heteroatoms. The molecule has 6 nitrogen and oxygen atoms in total. The molecule has 0 bridgehead atoms. The Hall–Kier alpha value is -2.77. The Labute approximate surface area is 192 Å². The summed E-state index contributed by atoms with van der Waals surface area (Å²) < 4.78 is 6.96. The molecule has 1 aliphatic carbocycles. The number of carbonyl (C=O) groups excluding carboxylic acids is 1. The first kappa shape index (κ1) is 22.4. The molecule has 0 unspecified atom stereocenters. The van der Waals surface area contributed by atoms with Crippen molar-refractivity contribution < 1.29 is 9.53 Å². The van der Waals surface area contributed by atoms with Gasteiger partial charge in [-0.3, -0.25) is 14.2 Å². The fraction of sp³-hybridized carbons (Fsp3) is 0.400. The Morgan fingerprint density at radius 1 is 1.16 bits per heavy atom. The van der Waals surface area contributed by atoms with E-state index in [9.17, 15) is 9.59 Å². The molecule has 1 fully saturated rings. The summed E-state index contributed by atoms with van der Waals surface area (Å²) in [4.78, 5) is 28.8. The zero-order chi connectivity index (χ0) is 22.5. The van der Waals surface area contributed by atoms with Gasteiger partial charge < -0.3 is 15.0 Å². The molecule has 0 spiro atoms. The molecule has 0 saturated heterocycles.